The molecule has 0 spiro atoms. The van der Waals surface area contributed by atoms with Crippen LogP contribution >= 0.6 is 0 Å². The molecular formula is C30H39N17O5. The highest BCUT2D eigenvalue weighted by Gasteiger charge is 2.25. The molecular weight excluding hydrogens is 678 g/mol. The van der Waals surface area contributed by atoms with Crippen LogP contribution in [-0.2, 0) is 36.4 Å². The molecule has 0 radical (unpaired) electrons. The van der Waals surface area contributed by atoms with E-state index in [4.69, 9.17) is 25.7 Å². The van der Waals surface area contributed by atoms with Gasteiger partial charge < -0.3 is 25.7 Å². The molecule has 5 aromatic rings. The molecule has 0 amide bonds. The van der Waals surface area contributed by atoms with E-state index >= 15 is 0 Å². The fourth-order valence-corrected chi connectivity index (χ4v) is 4.91. The van der Waals surface area contributed by atoms with Gasteiger partial charge in [-0.05, 0) is 25.7 Å². The molecule has 0 saturated carbocycles. The van der Waals surface area contributed by atoms with Gasteiger partial charge in [-0.1, -0.05) is 26.7 Å². The number of hydrogen-bond acceptors (Lipinski definition) is 18. The number of ether oxygens (including phenoxy) is 3. The lowest BCUT2D eigenvalue weighted by Gasteiger charge is -2.08. The number of unbranched alkanes of at least 4 members (excludes halogenated alkanes) is 2. The molecule has 0 unspecified atom stereocenters. The lowest BCUT2D eigenvalue weighted by atomic mass is 10.2. The number of methoxy groups -OCH3 is 3. The van der Waals surface area contributed by atoms with Crippen LogP contribution in [0.15, 0.2) is 32.9 Å². The van der Waals surface area contributed by atoms with Crippen LogP contribution in [0.4, 0.5) is 34.6 Å². The molecule has 52 heavy (non-hydrogen) atoms. The standard InChI is InChI=1S/C30H39N17O5/c1-8-10-12-18-20(38-40-24-16(26(48)50-5)14-33-44(24)3)22(31)46(42-18)28-35-29(37-30(36-28)52-7)47-23(32)21(19(43-47)13-11-9-2)39-41-25-17(27(49)51-6)15-34-45(25)4/h14-15H,8-13,31-32H2,1-7H3. The third-order valence-corrected chi connectivity index (χ3v) is 7.73. The quantitative estimate of drug-likeness (QED) is 0.115. The highest BCUT2D eigenvalue weighted by Crippen LogP contribution is 2.35. The van der Waals surface area contributed by atoms with Crippen molar-refractivity contribution in [2.24, 2.45) is 34.6 Å². The van der Waals surface area contributed by atoms with Crippen LogP contribution < -0.4 is 16.2 Å². The fourth-order valence-electron chi connectivity index (χ4n) is 4.91. The number of carbonyl (C=O) groups is 2. The summed E-state index contributed by atoms with van der Waals surface area (Å²) in [5, 5.41) is 34.9. The molecule has 0 aliphatic rings. The molecule has 0 atom stereocenters. The van der Waals surface area contributed by atoms with Crippen LogP contribution in [0.3, 0.4) is 0 Å². The second kappa shape index (κ2) is 15.9. The van der Waals surface area contributed by atoms with Gasteiger partial charge in [-0.15, -0.1) is 20.5 Å². The Morgan fingerprint density at radius 1 is 0.692 bits per heavy atom. The van der Waals surface area contributed by atoms with Crippen molar-refractivity contribution in [3.05, 3.63) is 34.9 Å². The molecule has 5 aromatic heterocycles. The Bertz CT molecular complexity index is 2000. The minimum Gasteiger partial charge on any atom is -0.467 e. The molecule has 0 bridgehead atoms. The van der Waals surface area contributed by atoms with E-state index < -0.39 is 11.9 Å². The van der Waals surface area contributed by atoms with Gasteiger partial charge in [0.2, 0.25) is 0 Å². The molecule has 274 valence electrons. The summed E-state index contributed by atoms with van der Waals surface area (Å²) in [7, 11) is 7.14. The highest BCUT2D eigenvalue weighted by atomic mass is 16.5. The van der Waals surface area contributed by atoms with Crippen LogP contribution in [0, 0.1) is 0 Å². The van der Waals surface area contributed by atoms with Crippen molar-refractivity contribution in [3.63, 3.8) is 0 Å². The van der Waals surface area contributed by atoms with Crippen molar-refractivity contribution >= 4 is 46.6 Å². The minimum absolute atomic E-state index is 0.0277. The Kier molecular flexibility index (Phi) is 11.2. The van der Waals surface area contributed by atoms with Gasteiger partial charge in [-0.3, -0.25) is 0 Å². The molecule has 5 rings (SSSR count). The Labute approximate surface area is 296 Å². The van der Waals surface area contributed by atoms with E-state index in [0.717, 1.165) is 25.7 Å². The first kappa shape index (κ1) is 36.7. The number of aryl methyl sites for hydroxylation is 4. The number of azo groups is 2. The van der Waals surface area contributed by atoms with E-state index in [1.165, 1.54) is 52.5 Å². The second-order valence-corrected chi connectivity index (χ2v) is 11.2. The molecule has 22 heteroatoms. The number of esters is 2. The fraction of sp³-hybridized carbons (Fsp3) is 0.433. The number of rotatable bonds is 15. The summed E-state index contributed by atoms with van der Waals surface area (Å²) in [4.78, 5) is 37.9. The van der Waals surface area contributed by atoms with E-state index in [9.17, 15) is 9.59 Å². The Morgan fingerprint density at radius 3 is 1.48 bits per heavy atom. The van der Waals surface area contributed by atoms with Gasteiger partial charge >= 0.3 is 17.9 Å². The predicted octanol–water partition coefficient (Wildman–Crippen LogP) is 3.97. The van der Waals surface area contributed by atoms with Gasteiger partial charge in [0.15, 0.2) is 34.6 Å². The largest absolute Gasteiger partial charge is 0.467 e. The van der Waals surface area contributed by atoms with E-state index in [1.54, 1.807) is 14.1 Å². The Hall–Kier alpha value is -6.61. The van der Waals surface area contributed by atoms with Crippen molar-refractivity contribution in [2.75, 3.05) is 32.8 Å². The zero-order chi connectivity index (χ0) is 37.5. The third kappa shape index (κ3) is 7.29. The first-order chi connectivity index (χ1) is 25.1. The number of anilines is 2. The summed E-state index contributed by atoms with van der Waals surface area (Å²) in [5.74, 6) is -0.860. The molecule has 4 N–H and O–H groups in total. The lowest BCUT2D eigenvalue weighted by molar-refractivity contribution is 0.0592. The van der Waals surface area contributed by atoms with Crippen molar-refractivity contribution in [3.8, 4) is 17.9 Å². The van der Waals surface area contributed by atoms with Crippen molar-refractivity contribution in [1.29, 1.82) is 0 Å². The van der Waals surface area contributed by atoms with Gasteiger partial charge in [-0.25, -0.2) is 19.0 Å². The smallest absolute Gasteiger partial charge is 0.343 e. The first-order valence-electron chi connectivity index (χ1n) is 16.2. The monoisotopic (exact) mass is 717 g/mol. The average Bonchev–Trinajstić information content (AvgIpc) is 3.89. The number of nitrogen functional groups attached to an aromatic ring is 2. The van der Waals surface area contributed by atoms with Crippen LogP contribution in [-0.4, -0.2) is 87.3 Å². The van der Waals surface area contributed by atoms with Gasteiger partial charge in [0.1, 0.15) is 11.1 Å². The van der Waals surface area contributed by atoms with E-state index in [1.807, 2.05) is 13.8 Å². The molecule has 0 aliphatic carbocycles. The summed E-state index contributed by atoms with van der Waals surface area (Å²) in [6, 6.07) is -0.0865. The zero-order valence-electron chi connectivity index (χ0n) is 29.8. The maximum atomic E-state index is 12.3. The minimum atomic E-state index is -0.620. The molecule has 22 nitrogen and oxygen atoms in total. The topological polar surface area (TPSA) is 273 Å². The molecule has 0 saturated heterocycles. The van der Waals surface area contributed by atoms with Crippen LogP contribution in [0.2, 0.25) is 0 Å². The summed E-state index contributed by atoms with van der Waals surface area (Å²) in [6.45, 7) is 4.07. The van der Waals surface area contributed by atoms with E-state index in [-0.39, 0.29) is 63.7 Å². The summed E-state index contributed by atoms with van der Waals surface area (Å²) < 4.78 is 20.5. The molecule has 5 heterocycles. The number of nitrogens with zero attached hydrogens (tertiary/aromatic N) is 15. The van der Waals surface area contributed by atoms with E-state index in [2.05, 4.69) is 55.8 Å². The maximum Gasteiger partial charge on any atom is 0.343 e. The summed E-state index contributed by atoms with van der Waals surface area (Å²) >= 11 is 0. The molecule has 0 fully saturated rings. The number of aromatic nitrogens is 11. The van der Waals surface area contributed by atoms with Crippen LogP contribution in [0.1, 0.15) is 71.6 Å². The number of hydrogen-bond donors (Lipinski definition) is 2. The second-order valence-electron chi connectivity index (χ2n) is 11.2. The third-order valence-electron chi connectivity index (χ3n) is 7.73. The maximum absolute atomic E-state index is 12.3. The highest BCUT2D eigenvalue weighted by molar-refractivity contribution is 5.94. The molecule has 0 aromatic carbocycles. The SMILES string of the molecule is CCCCc1nn(-c2nc(OC)nc(-n3nc(CCCC)c(N=Nc4c(C(=O)OC)cnn4C)c3N)n2)c(N)c1N=Nc1c(C(=O)OC)cnn1C. The average molecular weight is 718 g/mol. The number of nitrogens with two attached hydrogens (primary N) is 2. The van der Waals surface area contributed by atoms with Crippen molar-refractivity contribution < 1.29 is 23.8 Å². The van der Waals surface area contributed by atoms with Gasteiger partial charge in [0.25, 0.3) is 11.9 Å². The van der Waals surface area contributed by atoms with Crippen LogP contribution in [0.5, 0.6) is 6.01 Å². The van der Waals surface area contributed by atoms with Crippen molar-refractivity contribution in [2.45, 2.75) is 52.4 Å². The van der Waals surface area contributed by atoms with E-state index in [0.29, 0.717) is 24.2 Å². The summed E-state index contributed by atoms with van der Waals surface area (Å²) in [6.07, 6.45) is 6.95. The zero-order valence-corrected chi connectivity index (χ0v) is 29.8. The molecule has 0 aliphatic heterocycles. The Balaban J connectivity index is 1.61. The Morgan fingerprint density at radius 2 is 1.12 bits per heavy atom. The summed E-state index contributed by atoms with van der Waals surface area (Å²) in [5.41, 5.74) is 15.0. The van der Waals surface area contributed by atoms with Crippen LogP contribution in [0.25, 0.3) is 11.9 Å². The normalized spacial score (nSPS) is 11.6. The number of carbonyl (C=O) groups excluding carboxylic acids is 2. The first-order valence-corrected chi connectivity index (χ1v) is 16.2. The predicted molar refractivity (Wildman–Crippen MR) is 184 cm³/mol. The van der Waals surface area contributed by atoms with Gasteiger partial charge in [0.05, 0.1) is 45.1 Å². The lowest BCUT2D eigenvalue weighted by Crippen LogP contribution is -2.14. The van der Waals surface area contributed by atoms with Gasteiger partial charge in [0, 0.05) is 14.1 Å². The van der Waals surface area contributed by atoms with Gasteiger partial charge in [-0.2, -0.15) is 44.7 Å². The van der Waals surface area contributed by atoms with Crippen molar-refractivity contribution in [1.82, 2.24) is 54.1 Å².